The van der Waals surface area contributed by atoms with E-state index in [9.17, 15) is 14.7 Å². The van der Waals surface area contributed by atoms with Gasteiger partial charge in [-0.1, -0.05) is 0 Å². The van der Waals surface area contributed by atoms with Gasteiger partial charge >= 0.3 is 0 Å². The zero-order valence-corrected chi connectivity index (χ0v) is 11.1. The van der Waals surface area contributed by atoms with Crippen molar-refractivity contribution in [1.82, 2.24) is 15.5 Å². The molecule has 3 atom stereocenters. The Balaban J connectivity index is 2.75. The van der Waals surface area contributed by atoms with Gasteiger partial charge in [0.25, 0.3) is 0 Å². The van der Waals surface area contributed by atoms with Gasteiger partial charge in [-0.2, -0.15) is 0 Å². The highest BCUT2D eigenvalue weighted by atomic mass is 16.3. The van der Waals surface area contributed by atoms with Crippen LogP contribution in [0.3, 0.4) is 0 Å². The van der Waals surface area contributed by atoms with Crippen molar-refractivity contribution in [2.75, 3.05) is 26.7 Å². The first-order chi connectivity index (χ1) is 8.31. The summed E-state index contributed by atoms with van der Waals surface area (Å²) in [6.07, 6.45) is -0.904. The summed E-state index contributed by atoms with van der Waals surface area (Å²) in [5.41, 5.74) is 4.81. The molecular weight excluding hydrogens is 236 g/mol. The van der Waals surface area contributed by atoms with E-state index in [-0.39, 0.29) is 18.4 Å². The molecule has 0 saturated carbocycles. The van der Waals surface area contributed by atoms with Gasteiger partial charge in [-0.25, -0.2) is 0 Å². The van der Waals surface area contributed by atoms with E-state index in [1.807, 2.05) is 0 Å². The molecule has 0 spiro atoms. The van der Waals surface area contributed by atoms with Crippen LogP contribution >= 0.6 is 0 Å². The van der Waals surface area contributed by atoms with E-state index in [4.69, 9.17) is 5.73 Å². The zero-order chi connectivity index (χ0) is 13.9. The number of rotatable bonds is 3. The second kappa shape index (κ2) is 5.64. The molecule has 7 nitrogen and oxygen atoms in total. The molecule has 0 aromatic rings. The van der Waals surface area contributed by atoms with Gasteiger partial charge < -0.3 is 26.4 Å². The van der Waals surface area contributed by atoms with Gasteiger partial charge in [-0.3, -0.25) is 9.59 Å². The first-order valence-corrected chi connectivity index (χ1v) is 6.01. The van der Waals surface area contributed by atoms with Crippen molar-refractivity contribution >= 4 is 11.8 Å². The second-order valence-corrected chi connectivity index (χ2v) is 4.86. The molecule has 1 heterocycles. The minimum atomic E-state index is -0.947. The van der Waals surface area contributed by atoms with Crippen LogP contribution in [0.4, 0.5) is 0 Å². The molecule has 1 saturated heterocycles. The molecule has 0 aliphatic carbocycles. The van der Waals surface area contributed by atoms with Crippen molar-refractivity contribution in [3.05, 3.63) is 0 Å². The molecule has 0 aromatic carbocycles. The Kier molecular flexibility index (Phi) is 4.66. The number of aliphatic hydroxyl groups excluding tert-OH is 1. The first-order valence-electron chi connectivity index (χ1n) is 6.01. The average Bonchev–Trinajstić information content (AvgIpc) is 2.35. The number of carbonyl (C=O) groups is 2. The summed E-state index contributed by atoms with van der Waals surface area (Å²) in [6, 6.07) is -0.947. The fourth-order valence-electron chi connectivity index (χ4n) is 2.02. The van der Waals surface area contributed by atoms with Crippen LogP contribution in [0.2, 0.25) is 0 Å². The molecule has 18 heavy (non-hydrogen) atoms. The molecule has 0 bridgehead atoms. The summed E-state index contributed by atoms with van der Waals surface area (Å²) in [6.45, 7) is 4.45. The summed E-state index contributed by atoms with van der Waals surface area (Å²) < 4.78 is 0. The van der Waals surface area contributed by atoms with Crippen LogP contribution in [0.5, 0.6) is 0 Å². The highest BCUT2D eigenvalue weighted by molar-refractivity contribution is 5.88. The van der Waals surface area contributed by atoms with Crippen molar-refractivity contribution in [3.8, 4) is 0 Å². The molecular formula is C11H22N4O3. The minimum Gasteiger partial charge on any atom is -0.391 e. The quantitative estimate of drug-likeness (QED) is 0.452. The van der Waals surface area contributed by atoms with Crippen molar-refractivity contribution in [2.24, 2.45) is 5.73 Å². The highest BCUT2D eigenvalue weighted by Crippen LogP contribution is 2.13. The molecule has 5 N–H and O–H groups in total. The van der Waals surface area contributed by atoms with Crippen LogP contribution in [0.25, 0.3) is 0 Å². The smallest absolute Gasteiger partial charge is 0.242 e. The Bertz CT molecular complexity index is 334. The van der Waals surface area contributed by atoms with Gasteiger partial charge in [-0.05, 0) is 13.8 Å². The Morgan fingerprint density at radius 1 is 1.56 bits per heavy atom. The summed E-state index contributed by atoms with van der Waals surface area (Å²) >= 11 is 0. The third-order valence-electron chi connectivity index (χ3n) is 3.25. The van der Waals surface area contributed by atoms with Crippen LogP contribution in [0, 0.1) is 0 Å². The van der Waals surface area contributed by atoms with E-state index in [1.165, 1.54) is 11.8 Å². The fraction of sp³-hybridized carbons (Fsp3) is 0.818. The number of amides is 2. The van der Waals surface area contributed by atoms with Crippen molar-refractivity contribution in [2.45, 2.75) is 31.5 Å². The molecule has 1 aliphatic heterocycles. The first kappa shape index (κ1) is 14.9. The van der Waals surface area contributed by atoms with Crippen molar-refractivity contribution in [1.29, 1.82) is 0 Å². The van der Waals surface area contributed by atoms with Crippen LogP contribution in [-0.2, 0) is 9.59 Å². The molecule has 104 valence electrons. The van der Waals surface area contributed by atoms with Gasteiger partial charge in [0.15, 0.2) is 0 Å². The lowest BCUT2D eigenvalue weighted by molar-refractivity contribution is -0.139. The normalized spacial score (nSPS) is 27.5. The van der Waals surface area contributed by atoms with Gasteiger partial charge in [0.05, 0.1) is 6.10 Å². The molecule has 1 aliphatic rings. The van der Waals surface area contributed by atoms with Crippen LogP contribution in [-0.4, -0.2) is 66.2 Å². The fourth-order valence-corrected chi connectivity index (χ4v) is 2.02. The minimum absolute atomic E-state index is 0.175. The largest absolute Gasteiger partial charge is 0.391 e. The molecule has 1 unspecified atom stereocenters. The molecule has 1 fully saturated rings. The van der Waals surface area contributed by atoms with Gasteiger partial charge in [-0.15, -0.1) is 0 Å². The molecule has 7 heteroatoms. The van der Waals surface area contributed by atoms with Crippen molar-refractivity contribution in [3.63, 3.8) is 0 Å². The maximum atomic E-state index is 12.0. The lowest BCUT2D eigenvalue weighted by atomic mass is 9.97. The summed E-state index contributed by atoms with van der Waals surface area (Å²) in [4.78, 5) is 25.3. The lowest BCUT2D eigenvalue weighted by Gasteiger charge is -2.41. The zero-order valence-electron chi connectivity index (χ0n) is 11.1. The predicted molar refractivity (Wildman–Crippen MR) is 66.7 cm³/mol. The summed E-state index contributed by atoms with van der Waals surface area (Å²) in [5, 5.41) is 15.0. The van der Waals surface area contributed by atoms with Crippen molar-refractivity contribution < 1.29 is 14.7 Å². The van der Waals surface area contributed by atoms with Gasteiger partial charge in [0.2, 0.25) is 11.8 Å². The van der Waals surface area contributed by atoms with Gasteiger partial charge in [0, 0.05) is 26.7 Å². The Morgan fingerprint density at radius 2 is 2.17 bits per heavy atom. The third-order valence-corrected chi connectivity index (χ3v) is 3.25. The molecule has 0 radical (unpaired) electrons. The average molecular weight is 258 g/mol. The number of hydrogen-bond acceptors (Lipinski definition) is 5. The lowest BCUT2D eigenvalue weighted by Crippen LogP contribution is -2.67. The Labute approximate surface area is 107 Å². The topological polar surface area (TPSA) is 108 Å². The molecule has 1 rings (SSSR count). The molecule has 0 aromatic heterocycles. The summed E-state index contributed by atoms with van der Waals surface area (Å²) in [7, 11) is 1.55. The third kappa shape index (κ3) is 2.98. The number of hydrogen-bond donors (Lipinski definition) is 4. The van der Waals surface area contributed by atoms with Crippen LogP contribution in [0.15, 0.2) is 0 Å². The van der Waals surface area contributed by atoms with E-state index >= 15 is 0 Å². The Morgan fingerprint density at radius 3 is 2.67 bits per heavy atom. The van der Waals surface area contributed by atoms with Crippen LogP contribution < -0.4 is 16.4 Å². The van der Waals surface area contributed by atoms with E-state index in [2.05, 4.69) is 10.6 Å². The predicted octanol–water partition coefficient (Wildman–Crippen LogP) is -2.37. The number of piperazine rings is 1. The highest BCUT2D eigenvalue weighted by Gasteiger charge is 2.39. The maximum Gasteiger partial charge on any atom is 0.242 e. The maximum absolute atomic E-state index is 12.0. The standard InChI is InChI=1S/C11H22N4O3/c1-7(16)8(12)9(17)15-5-4-14-11(2,6-15)10(18)13-3/h7-8,14,16H,4-6,12H2,1-3H3,(H,13,18)/t7-,8+,11?/m1/s1. The van der Waals surface area contributed by atoms with E-state index in [0.717, 1.165) is 0 Å². The number of carbonyl (C=O) groups excluding carboxylic acids is 2. The van der Waals surface area contributed by atoms with E-state index < -0.39 is 17.7 Å². The SMILES string of the molecule is CNC(=O)C1(C)CN(C(=O)[C@@H](N)[C@@H](C)O)CCN1. The number of nitrogens with two attached hydrogens (primary N) is 1. The molecule has 2 amide bonds. The second-order valence-electron chi connectivity index (χ2n) is 4.86. The number of aliphatic hydroxyl groups is 1. The monoisotopic (exact) mass is 258 g/mol. The number of nitrogens with zero attached hydrogens (tertiary/aromatic N) is 1. The number of nitrogens with one attached hydrogen (secondary N) is 2. The Hall–Kier alpha value is -1.18. The van der Waals surface area contributed by atoms with E-state index in [1.54, 1.807) is 14.0 Å². The van der Waals surface area contributed by atoms with E-state index in [0.29, 0.717) is 13.1 Å². The van der Waals surface area contributed by atoms with Gasteiger partial charge in [0.1, 0.15) is 11.6 Å². The number of likely N-dealkylation sites (N-methyl/N-ethyl adjacent to an activating group) is 1. The summed E-state index contributed by atoms with van der Waals surface area (Å²) in [5.74, 6) is -0.507. The van der Waals surface area contributed by atoms with Crippen LogP contribution in [0.1, 0.15) is 13.8 Å².